The number of nitrogens with one attached hydrogen (secondary N) is 2. The smallest absolute Gasteiger partial charge is 0.224 e. The second kappa shape index (κ2) is 4.52. The highest BCUT2D eigenvalue weighted by molar-refractivity contribution is 7.09. The zero-order valence-electron chi connectivity index (χ0n) is 7.82. The Bertz CT molecular complexity index is 293. The van der Waals surface area contributed by atoms with Gasteiger partial charge < -0.3 is 10.6 Å². The molecular formula is C9H13N3OS. The summed E-state index contributed by atoms with van der Waals surface area (Å²) in [6, 6.07) is 0. The van der Waals surface area contributed by atoms with Crippen LogP contribution in [0.15, 0.2) is 11.6 Å². The molecule has 0 aromatic carbocycles. The van der Waals surface area contributed by atoms with Gasteiger partial charge in [-0.3, -0.25) is 4.79 Å². The Morgan fingerprint density at radius 3 is 3.36 bits per heavy atom. The lowest BCUT2D eigenvalue weighted by Crippen LogP contribution is -2.31. The molecule has 0 unspecified atom stereocenters. The zero-order valence-corrected chi connectivity index (χ0v) is 8.64. The van der Waals surface area contributed by atoms with Crippen LogP contribution in [0.5, 0.6) is 0 Å². The summed E-state index contributed by atoms with van der Waals surface area (Å²) in [4.78, 5) is 15.7. The standard InChI is InChI=1S/C9H13N3OS/c13-9(7-1-2-10-5-7)12-6-8-11-3-4-14-8/h3-4,7,10H,1-2,5-6H2,(H,12,13)/t7-/m1/s1. The molecule has 2 rings (SSSR count). The molecule has 4 nitrogen and oxygen atoms in total. The van der Waals surface area contributed by atoms with Gasteiger partial charge in [0.1, 0.15) is 5.01 Å². The van der Waals surface area contributed by atoms with Crippen molar-refractivity contribution in [2.75, 3.05) is 13.1 Å². The van der Waals surface area contributed by atoms with Crippen molar-refractivity contribution in [3.8, 4) is 0 Å². The summed E-state index contributed by atoms with van der Waals surface area (Å²) in [5.74, 6) is 0.292. The molecule has 2 N–H and O–H groups in total. The third kappa shape index (κ3) is 2.30. The van der Waals surface area contributed by atoms with E-state index in [-0.39, 0.29) is 11.8 Å². The number of amides is 1. The van der Waals surface area contributed by atoms with E-state index < -0.39 is 0 Å². The van der Waals surface area contributed by atoms with Gasteiger partial charge in [0.2, 0.25) is 5.91 Å². The Kier molecular flexibility index (Phi) is 3.10. The highest BCUT2D eigenvalue weighted by atomic mass is 32.1. The van der Waals surface area contributed by atoms with Crippen molar-refractivity contribution in [3.63, 3.8) is 0 Å². The first-order valence-electron chi connectivity index (χ1n) is 4.73. The molecule has 1 amide bonds. The largest absolute Gasteiger partial charge is 0.349 e. The quantitative estimate of drug-likeness (QED) is 0.759. The van der Waals surface area contributed by atoms with E-state index in [1.54, 1.807) is 17.5 Å². The van der Waals surface area contributed by atoms with Crippen molar-refractivity contribution < 1.29 is 4.79 Å². The molecular weight excluding hydrogens is 198 g/mol. The van der Waals surface area contributed by atoms with E-state index in [4.69, 9.17) is 0 Å². The summed E-state index contributed by atoms with van der Waals surface area (Å²) in [5, 5.41) is 8.95. The number of carbonyl (C=O) groups excluding carboxylic acids is 1. The van der Waals surface area contributed by atoms with Crippen LogP contribution in [0, 0.1) is 5.92 Å². The van der Waals surface area contributed by atoms with Gasteiger partial charge in [-0.15, -0.1) is 11.3 Å². The number of nitrogens with zero attached hydrogens (tertiary/aromatic N) is 1. The molecule has 1 aliphatic rings. The van der Waals surface area contributed by atoms with Gasteiger partial charge in [-0.05, 0) is 13.0 Å². The lowest BCUT2D eigenvalue weighted by Gasteiger charge is -2.07. The molecule has 76 valence electrons. The molecule has 1 aliphatic heterocycles. The molecule has 14 heavy (non-hydrogen) atoms. The van der Waals surface area contributed by atoms with Gasteiger partial charge in [-0.25, -0.2) is 4.98 Å². The molecule has 0 aliphatic carbocycles. The number of hydrogen-bond acceptors (Lipinski definition) is 4. The molecule has 5 heteroatoms. The molecule has 0 saturated carbocycles. The van der Waals surface area contributed by atoms with Gasteiger partial charge in [-0.1, -0.05) is 0 Å². The Labute approximate surface area is 86.7 Å². The molecule has 1 fully saturated rings. The molecule has 1 saturated heterocycles. The average molecular weight is 211 g/mol. The van der Waals surface area contributed by atoms with E-state index in [1.165, 1.54) is 0 Å². The van der Waals surface area contributed by atoms with Crippen molar-refractivity contribution in [1.29, 1.82) is 0 Å². The van der Waals surface area contributed by atoms with Crippen LogP contribution in [-0.2, 0) is 11.3 Å². The van der Waals surface area contributed by atoms with Crippen LogP contribution in [-0.4, -0.2) is 24.0 Å². The first kappa shape index (κ1) is 9.61. The fourth-order valence-corrected chi connectivity index (χ4v) is 2.08. The minimum atomic E-state index is 0.144. The maximum atomic E-state index is 11.6. The number of carbonyl (C=O) groups is 1. The average Bonchev–Trinajstić information content (AvgIpc) is 2.87. The predicted octanol–water partition coefficient (Wildman–Crippen LogP) is 0.369. The second-order valence-corrected chi connectivity index (χ2v) is 4.31. The number of aromatic nitrogens is 1. The first-order valence-corrected chi connectivity index (χ1v) is 5.61. The minimum Gasteiger partial charge on any atom is -0.349 e. The van der Waals surface area contributed by atoms with Crippen molar-refractivity contribution in [1.82, 2.24) is 15.6 Å². The van der Waals surface area contributed by atoms with Crippen LogP contribution < -0.4 is 10.6 Å². The highest BCUT2D eigenvalue weighted by Crippen LogP contribution is 2.08. The van der Waals surface area contributed by atoms with Crippen molar-refractivity contribution in [3.05, 3.63) is 16.6 Å². The maximum Gasteiger partial charge on any atom is 0.224 e. The Balaban J connectivity index is 1.77. The van der Waals surface area contributed by atoms with Gasteiger partial charge in [0.25, 0.3) is 0 Å². The van der Waals surface area contributed by atoms with Crippen LogP contribution in [0.2, 0.25) is 0 Å². The lowest BCUT2D eigenvalue weighted by molar-refractivity contribution is -0.124. The number of hydrogen-bond donors (Lipinski definition) is 2. The van der Waals surface area contributed by atoms with Gasteiger partial charge >= 0.3 is 0 Å². The highest BCUT2D eigenvalue weighted by Gasteiger charge is 2.21. The lowest BCUT2D eigenvalue weighted by atomic mass is 10.1. The molecule has 0 bridgehead atoms. The minimum absolute atomic E-state index is 0.144. The Morgan fingerprint density at radius 1 is 1.79 bits per heavy atom. The third-order valence-electron chi connectivity index (χ3n) is 2.33. The SMILES string of the molecule is O=C(NCc1nccs1)[C@@H]1CCNC1. The summed E-state index contributed by atoms with van der Waals surface area (Å²) in [6.07, 6.45) is 2.70. The van der Waals surface area contributed by atoms with E-state index >= 15 is 0 Å². The predicted molar refractivity (Wildman–Crippen MR) is 54.9 cm³/mol. The van der Waals surface area contributed by atoms with Gasteiger partial charge in [0.15, 0.2) is 0 Å². The summed E-state index contributed by atoms with van der Waals surface area (Å²) in [5.41, 5.74) is 0. The second-order valence-electron chi connectivity index (χ2n) is 3.33. The van der Waals surface area contributed by atoms with E-state index in [0.29, 0.717) is 6.54 Å². The first-order chi connectivity index (χ1) is 6.86. The number of rotatable bonds is 3. The fraction of sp³-hybridized carbons (Fsp3) is 0.556. The van der Waals surface area contributed by atoms with Gasteiger partial charge in [0.05, 0.1) is 12.5 Å². The summed E-state index contributed by atoms with van der Waals surface area (Å²) in [7, 11) is 0. The topological polar surface area (TPSA) is 54.0 Å². The van der Waals surface area contributed by atoms with E-state index in [2.05, 4.69) is 15.6 Å². The molecule has 1 atom stereocenters. The third-order valence-corrected chi connectivity index (χ3v) is 3.11. The van der Waals surface area contributed by atoms with Crippen LogP contribution in [0.4, 0.5) is 0 Å². The van der Waals surface area contributed by atoms with E-state index in [0.717, 1.165) is 24.5 Å². The van der Waals surface area contributed by atoms with E-state index in [1.807, 2.05) is 5.38 Å². The van der Waals surface area contributed by atoms with Crippen molar-refractivity contribution in [2.24, 2.45) is 5.92 Å². The molecule has 1 aromatic rings. The zero-order chi connectivity index (χ0) is 9.80. The van der Waals surface area contributed by atoms with Crippen LogP contribution in [0.1, 0.15) is 11.4 Å². The van der Waals surface area contributed by atoms with Crippen molar-refractivity contribution in [2.45, 2.75) is 13.0 Å². The van der Waals surface area contributed by atoms with Crippen molar-refractivity contribution >= 4 is 17.2 Å². The summed E-state index contributed by atoms with van der Waals surface area (Å²) < 4.78 is 0. The van der Waals surface area contributed by atoms with Gasteiger partial charge in [-0.2, -0.15) is 0 Å². The Morgan fingerprint density at radius 2 is 2.71 bits per heavy atom. The molecule has 0 radical (unpaired) electrons. The molecule has 0 spiro atoms. The molecule has 1 aromatic heterocycles. The van der Waals surface area contributed by atoms with Crippen LogP contribution >= 0.6 is 11.3 Å². The Hall–Kier alpha value is -0.940. The van der Waals surface area contributed by atoms with Gasteiger partial charge in [0, 0.05) is 18.1 Å². The normalized spacial score (nSPS) is 21.0. The fourth-order valence-electron chi connectivity index (χ4n) is 1.53. The van der Waals surface area contributed by atoms with Crippen LogP contribution in [0.3, 0.4) is 0 Å². The monoisotopic (exact) mass is 211 g/mol. The summed E-state index contributed by atoms with van der Waals surface area (Å²) in [6.45, 7) is 2.33. The van der Waals surface area contributed by atoms with Crippen LogP contribution in [0.25, 0.3) is 0 Å². The summed E-state index contributed by atoms with van der Waals surface area (Å²) >= 11 is 1.57. The van der Waals surface area contributed by atoms with E-state index in [9.17, 15) is 4.79 Å². The number of thiazole rings is 1. The molecule has 2 heterocycles. The maximum absolute atomic E-state index is 11.6.